The van der Waals surface area contributed by atoms with Crippen molar-refractivity contribution in [2.24, 2.45) is 0 Å². The maximum absolute atomic E-state index is 5.59. The molecule has 0 bridgehead atoms. The Morgan fingerprint density at radius 3 is 2.27 bits per heavy atom. The maximum Gasteiger partial charge on any atom is 0.0605 e. The van der Waals surface area contributed by atoms with Crippen LogP contribution in [0.3, 0.4) is 0 Å². The highest BCUT2D eigenvalue weighted by molar-refractivity contribution is 5.44. The third kappa shape index (κ3) is 4.05. The number of rotatable bonds is 3. The summed E-state index contributed by atoms with van der Waals surface area (Å²) in [5, 5.41) is 0. The minimum Gasteiger partial charge on any atom is -0.399 e. The molecule has 1 rings (SSSR count). The molecule has 0 spiro atoms. The second-order valence-electron chi connectivity index (χ2n) is 3.39. The van der Waals surface area contributed by atoms with Crippen molar-refractivity contribution in [1.82, 2.24) is 4.90 Å². The summed E-state index contributed by atoms with van der Waals surface area (Å²) in [5.74, 6) is 6.28. The smallest absolute Gasteiger partial charge is 0.0605 e. The van der Waals surface area contributed by atoms with Gasteiger partial charge in [-0.3, -0.25) is 4.90 Å². The molecule has 0 saturated carbocycles. The molecule has 1 aromatic carbocycles. The molecule has 0 unspecified atom stereocenters. The fourth-order valence-corrected chi connectivity index (χ4v) is 1.27. The zero-order valence-electron chi connectivity index (χ0n) is 9.46. The van der Waals surface area contributed by atoms with E-state index >= 15 is 0 Å². The summed E-state index contributed by atoms with van der Waals surface area (Å²) in [6.07, 6.45) is 0. The van der Waals surface area contributed by atoms with Crippen LogP contribution in [0.15, 0.2) is 24.3 Å². The lowest BCUT2D eigenvalue weighted by molar-refractivity contribution is 0.342. The predicted octanol–water partition coefficient (Wildman–Crippen LogP) is 1.96. The van der Waals surface area contributed by atoms with Gasteiger partial charge >= 0.3 is 0 Å². The quantitative estimate of drug-likeness (QED) is 0.599. The lowest BCUT2D eigenvalue weighted by Crippen LogP contribution is -2.22. The van der Waals surface area contributed by atoms with Crippen molar-refractivity contribution in [2.45, 2.75) is 13.8 Å². The van der Waals surface area contributed by atoms with Crippen LogP contribution in [0.4, 0.5) is 5.69 Å². The van der Waals surface area contributed by atoms with Gasteiger partial charge in [0.25, 0.3) is 0 Å². The van der Waals surface area contributed by atoms with E-state index in [1.807, 2.05) is 24.3 Å². The largest absolute Gasteiger partial charge is 0.399 e. The Bertz CT molecular complexity index is 339. The zero-order valence-corrected chi connectivity index (χ0v) is 9.46. The Morgan fingerprint density at radius 1 is 1.13 bits per heavy atom. The van der Waals surface area contributed by atoms with Gasteiger partial charge in [-0.1, -0.05) is 25.7 Å². The molecule has 0 heterocycles. The number of anilines is 1. The van der Waals surface area contributed by atoms with Gasteiger partial charge in [-0.25, -0.2) is 0 Å². The van der Waals surface area contributed by atoms with Gasteiger partial charge in [0.05, 0.1) is 6.54 Å². The first kappa shape index (κ1) is 11.6. The van der Waals surface area contributed by atoms with E-state index in [9.17, 15) is 0 Å². The van der Waals surface area contributed by atoms with E-state index in [1.165, 1.54) is 0 Å². The fraction of sp³-hybridized carbons (Fsp3) is 0.385. The molecule has 0 saturated heterocycles. The van der Waals surface area contributed by atoms with Crippen molar-refractivity contribution < 1.29 is 0 Å². The molecular formula is C13H18N2. The van der Waals surface area contributed by atoms with Crippen molar-refractivity contribution in [3.05, 3.63) is 29.8 Å². The molecule has 15 heavy (non-hydrogen) atoms. The number of hydrogen-bond donors (Lipinski definition) is 1. The summed E-state index contributed by atoms with van der Waals surface area (Å²) in [6, 6.07) is 7.65. The van der Waals surface area contributed by atoms with Gasteiger partial charge in [0.15, 0.2) is 0 Å². The third-order valence-corrected chi connectivity index (χ3v) is 2.34. The van der Waals surface area contributed by atoms with Crippen LogP contribution in [0.5, 0.6) is 0 Å². The van der Waals surface area contributed by atoms with Crippen LogP contribution < -0.4 is 5.73 Å². The summed E-state index contributed by atoms with van der Waals surface area (Å²) >= 11 is 0. The van der Waals surface area contributed by atoms with E-state index in [0.717, 1.165) is 30.9 Å². The first-order valence-electron chi connectivity index (χ1n) is 5.33. The molecule has 0 aliphatic carbocycles. The van der Waals surface area contributed by atoms with Crippen molar-refractivity contribution in [1.29, 1.82) is 0 Å². The highest BCUT2D eigenvalue weighted by Gasteiger charge is 1.93. The molecule has 2 nitrogen and oxygen atoms in total. The first-order valence-corrected chi connectivity index (χ1v) is 5.33. The Kier molecular flexibility index (Phi) is 4.73. The standard InChI is InChI=1S/C13H18N2/c1-3-15(4-2)11-5-6-12-7-9-13(14)10-8-12/h7-10H,3-4,11,14H2,1-2H3. The van der Waals surface area contributed by atoms with Crippen LogP contribution in [0.25, 0.3) is 0 Å². The molecule has 2 heteroatoms. The van der Waals surface area contributed by atoms with Crippen LogP contribution in [0.1, 0.15) is 19.4 Å². The monoisotopic (exact) mass is 202 g/mol. The van der Waals surface area contributed by atoms with Crippen LogP contribution in [0.2, 0.25) is 0 Å². The highest BCUT2D eigenvalue weighted by atomic mass is 15.1. The Hall–Kier alpha value is -1.46. The zero-order chi connectivity index (χ0) is 11.1. The van der Waals surface area contributed by atoms with Gasteiger partial charge in [0, 0.05) is 11.3 Å². The molecule has 0 fully saturated rings. The van der Waals surface area contributed by atoms with Crippen molar-refractivity contribution >= 4 is 5.69 Å². The molecule has 80 valence electrons. The number of benzene rings is 1. The molecular weight excluding hydrogens is 184 g/mol. The minimum absolute atomic E-state index is 0.782. The van der Waals surface area contributed by atoms with Crippen LogP contribution in [0, 0.1) is 11.8 Å². The van der Waals surface area contributed by atoms with Gasteiger partial charge in [0.1, 0.15) is 0 Å². The number of hydrogen-bond acceptors (Lipinski definition) is 2. The normalized spacial score (nSPS) is 9.80. The van der Waals surface area contributed by atoms with Crippen molar-refractivity contribution in [2.75, 3.05) is 25.4 Å². The van der Waals surface area contributed by atoms with Crippen LogP contribution >= 0.6 is 0 Å². The maximum atomic E-state index is 5.59. The molecule has 0 aliphatic heterocycles. The molecule has 0 atom stereocenters. The molecule has 1 aromatic rings. The second kappa shape index (κ2) is 6.10. The Balaban J connectivity index is 2.54. The minimum atomic E-state index is 0.782. The topological polar surface area (TPSA) is 29.3 Å². The highest BCUT2D eigenvalue weighted by Crippen LogP contribution is 2.03. The summed E-state index contributed by atoms with van der Waals surface area (Å²) in [6.45, 7) is 7.22. The Morgan fingerprint density at radius 2 is 1.73 bits per heavy atom. The average molecular weight is 202 g/mol. The SMILES string of the molecule is CCN(CC)CC#Cc1ccc(N)cc1. The van der Waals surface area contributed by atoms with Gasteiger partial charge in [0.2, 0.25) is 0 Å². The van der Waals surface area contributed by atoms with E-state index in [4.69, 9.17) is 5.73 Å². The van der Waals surface area contributed by atoms with E-state index in [1.54, 1.807) is 0 Å². The van der Waals surface area contributed by atoms with E-state index in [0.29, 0.717) is 0 Å². The summed E-state index contributed by atoms with van der Waals surface area (Å²) in [5.41, 5.74) is 7.40. The van der Waals surface area contributed by atoms with Gasteiger partial charge in [-0.15, -0.1) is 0 Å². The Labute approximate surface area is 92.1 Å². The summed E-state index contributed by atoms with van der Waals surface area (Å²) < 4.78 is 0. The summed E-state index contributed by atoms with van der Waals surface area (Å²) in [4.78, 5) is 2.28. The third-order valence-electron chi connectivity index (χ3n) is 2.34. The van der Waals surface area contributed by atoms with Gasteiger partial charge < -0.3 is 5.73 Å². The van der Waals surface area contributed by atoms with Crippen molar-refractivity contribution in [3.8, 4) is 11.8 Å². The van der Waals surface area contributed by atoms with Crippen molar-refractivity contribution in [3.63, 3.8) is 0 Å². The number of nitrogen functional groups attached to an aromatic ring is 1. The van der Waals surface area contributed by atoms with E-state index in [2.05, 4.69) is 30.6 Å². The fourth-order valence-electron chi connectivity index (χ4n) is 1.27. The van der Waals surface area contributed by atoms with Gasteiger partial charge in [-0.05, 0) is 37.4 Å². The lowest BCUT2D eigenvalue weighted by Gasteiger charge is -2.13. The van der Waals surface area contributed by atoms with Gasteiger partial charge in [-0.2, -0.15) is 0 Å². The second-order valence-corrected chi connectivity index (χ2v) is 3.39. The first-order chi connectivity index (χ1) is 7.26. The van der Waals surface area contributed by atoms with E-state index in [-0.39, 0.29) is 0 Å². The van der Waals surface area contributed by atoms with E-state index < -0.39 is 0 Å². The van der Waals surface area contributed by atoms with Crippen LogP contribution in [-0.2, 0) is 0 Å². The molecule has 2 N–H and O–H groups in total. The molecule has 0 aromatic heterocycles. The summed E-state index contributed by atoms with van der Waals surface area (Å²) in [7, 11) is 0. The lowest BCUT2D eigenvalue weighted by atomic mass is 10.2. The predicted molar refractivity (Wildman–Crippen MR) is 65.5 cm³/mol. The number of nitrogens with zero attached hydrogens (tertiary/aromatic N) is 1. The number of nitrogens with two attached hydrogens (primary N) is 1. The average Bonchev–Trinajstić information content (AvgIpc) is 2.27. The molecule has 0 amide bonds. The molecule has 0 radical (unpaired) electrons. The van der Waals surface area contributed by atoms with Crippen LogP contribution in [-0.4, -0.2) is 24.5 Å². The molecule has 0 aliphatic rings.